The van der Waals surface area contributed by atoms with Gasteiger partial charge in [-0.1, -0.05) is 13.8 Å². The highest BCUT2D eigenvalue weighted by Gasteiger charge is 2.63. The maximum atomic E-state index is 11.0. The number of hydrogen-bond acceptors (Lipinski definition) is 1. The van der Waals surface area contributed by atoms with Gasteiger partial charge in [0.2, 0.25) is 0 Å². The van der Waals surface area contributed by atoms with Crippen LogP contribution in [0.2, 0.25) is 0 Å². The highest BCUT2D eigenvalue weighted by Crippen LogP contribution is 2.62. The lowest BCUT2D eigenvalue weighted by Gasteiger charge is -2.09. The molecule has 0 aromatic rings. The molecule has 0 amide bonds. The van der Waals surface area contributed by atoms with Crippen molar-refractivity contribution < 1.29 is 14.4 Å². The van der Waals surface area contributed by atoms with Gasteiger partial charge in [0.05, 0.1) is 0 Å². The van der Waals surface area contributed by atoms with Gasteiger partial charge in [0, 0.05) is 11.6 Å². The second-order valence-electron chi connectivity index (χ2n) is 3.49. The lowest BCUT2D eigenvalue weighted by Crippen LogP contribution is -2.10. The minimum absolute atomic E-state index is 0.0586. The minimum atomic E-state index is -4.00. The van der Waals surface area contributed by atoms with Crippen LogP contribution in [0.15, 0.2) is 0 Å². The summed E-state index contributed by atoms with van der Waals surface area (Å²) in [5.74, 6) is 0. The van der Waals surface area contributed by atoms with Crippen LogP contribution in [-0.4, -0.2) is 26.0 Å². The standard InChI is InChI=1S/C7H16NO3P/c1-4-6-7(3,5-2)8(6)12(9,10)11/h6H,4-5H2,1-3H3,(H2,9,10,11)/t6?,7?,8-/m0/s1. The predicted octanol–water partition coefficient (Wildman–Crippen LogP) is 1.34. The first kappa shape index (κ1) is 10.2. The van der Waals surface area contributed by atoms with Gasteiger partial charge in [-0.25, -0.2) is 4.57 Å². The summed E-state index contributed by atoms with van der Waals surface area (Å²) in [5, 5.41) is 0. The van der Waals surface area contributed by atoms with Crippen molar-refractivity contribution >= 4 is 7.75 Å². The Morgan fingerprint density at radius 3 is 2.08 bits per heavy atom. The Morgan fingerprint density at radius 2 is 2.00 bits per heavy atom. The quantitative estimate of drug-likeness (QED) is 0.524. The molecule has 1 aliphatic heterocycles. The topological polar surface area (TPSA) is 60.5 Å². The SMILES string of the molecule is CCC1[N@](P(=O)(O)O)C1(C)CC. The summed E-state index contributed by atoms with van der Waals surface area (Å²) in [7, 11) is -4.00. The Bertz CT molecular complexity index is 227. The van der Waals surface area contributed by atoms with Gasteiger partial charge in [-0.2, -0.15) is 4.67 Å². The first-order valence-corrected chi connectivity index (χ1v) is 5.79. The smallest absolute Gasteiger partial charge is 0.312 e. The molecule has 2 N–H and O–H groups in total. The fourth-order valence-electron chi connectivity index (χ4n) is 1.97. The van der Waals surface area contributed by atoms with Crippen LogP contribution >= 0.6 is 7.75 Å². The van der Waals surface area contributed by atoms with Crippen LogP contribution in [0.3, 0.4) is 0 Å². The molecular formula is C7H16NO3P. The summed E-state index contributed by atoms with van der Waals surface area (Å²) >= 11 is 0. The van der Waals surface area contributed by atoms with E-state index in [1.165, 1.54) is 4.67 Å². The zero-order valence-electron chi connectivity index (χ0n) is 7.69. The molecule has 1 fully saturated rings. The maximum Gasteiger partial charge on any atom is 0.403 e. The highest BCUT2D eigenvalue weighted by molar-refractivity contribution is 7.49. The van der Waals surface area contributed by atoms with Crippen molar-refractivity contribution in [2.75, 3.05) is 0 Å². The lowest BCUT2D eigenvalue weighted by molar-refractivity contribution is 0.315. The third-order valence-corrected chi connectivity index (χ3v) is 4.15. The molecule has 5 heteroatoms. The Labute approximate surface area is 72.8 Å². The van der Waals surface area contributed by atoms with Crippen LogP contribution in [0.5, 0.6) is 0 Å². The van der Waals surface area contributed by atoms with Gasteiger partial charge >= 0.3 is 7.75 Å². The Kier molecular flexibility index (Phi) is 2.39. The van der Waals surface area contributed by atoms with Gasteiger partial charge < -0.3 is 9.79 Å². The summed E-state index contributed by atoms with van der Waals surface area (Å²) in [6.45, 7) is 5.81. The van der Waals surface area contributed by atoms with Gasteiger partial charge in [0.1, 0.15) is 0 Å². The fraction of sp³-hybridized carbons (Fsp3) is 1.00. The van der Waals surface area contributed by atoms with Gasteiger partial charge in [-0.15, -0.1) is 0 Å². The van der Waals surface area contributed by atoms with Crippen molar-refractivity contribution in [2.45, 2.75) is 45.2 Å². The minimum Gasteiger partial charge on any atom is -0.312 e. The van der Waals surface area contributed by atoms with E-state index in [4.69, 9.17) is 9.79 Å². The number of hydrogen-bond donors (Lipinski definition) is 2. The van der Waals surface area contributed by atoms with E-state index >= 15 is 0 Å². The van der Waals surface area contributed by atoms with Gasteiger partial charge in [0.25, 0.3) is 0 Å². The molecule has 1 saturated heterocycles. The third kappa shape index (κ3) is 1.33. The molecule has 0 aliphatic carbocycles. The van der Waals surface area contributed by atoms with Crippen LogP contribution in [0.25, 0.3) is 0 Å². The number of nitrogens with zero attached hydrogens (tertiary/aromatic N) is 1. The second kappa shape index (κ2) is 2.81. The molecule has 3 atom stereocenters. The molecule has 0 bridgehead atoms. The Morgan fingerprint density at radius 1 is 1.50 bits per heavy atom. The second-order valence-corrected chi connectivity index (χ2v) is 4.95. The van der Waals surface area contributed by atoms with E-state index in [1.807, 2.05) is 20.8 Å². The van der Waals surface area contributed by atoms with Crippen molar-refractivity contribution in [3.8, 4) is 0 Å². The molecule has 72 valence electrons. The molecule has 1 rings (SSSR count). The molecular weight excluding hydrogens is 177 g/mol. The molecule has 1 aliphatic rings. The monoisotopic (exact) mass is 193 g/mol. The van der Waals surface area contributed by atoms with Crippen molar-refractivity contribution in [3.05, 3.63) is 0 Å². The highest BCUT2D eigenvalue weighted by atomic mass is 31.2. The first-order chi connectivity index (χ1) is 5.38. The first-order valence-electron chi connectivity index (χ1n) is 4.23. The van der Waals surface area contributed by atoms with Crippen LogP contribution in [-0.2, 0) is 4.57 Å². The summed E-state index contributed by atoms with van der Waals surface area (Å²) in [5.41, 5.74) is -0.270. The molecule has 0 aromatic heterocycles. The molecule has 4 nitrogen and oxygen atoms in total. The van der Waals surface area contributed by atoms with Gasteiger partial charge in [-0.05, 0) is 19.8 Å². The molecule has 0 spiro atoms. The largest absolute Gasteiger partial charge is 0.403 e. The van der Waals surface area contributed by atoms with Crippen LogP contribution in [0.4, 0.5) is 0 Å². The van der Waals surface area contributed by atoms with E-state index < -0.39 is 7.75 Å². The van der Waals surface area contributed by atoms with Gasteiger partial charge in [-0.3, -0.25) is 0 Å². The van der Waals surface area contributed by atoms with Crippen LogP contribution < -0.4 is 0 Å². The zero-order chi connectivity index (χ0) is 9.57. The average molecular weight is 193 g/mol. The van der Waals surface area contributed by atoms with Crippen molar-refractivity contribution in [1.29, 1.82) is 0 Å². The zero-order valence-corrected chi connectivity index (χ0v) is 8.58. The summed E-state index contributed by atoms with van der Waals surface area (Å²) in [4.78, 5) is 17.9. The predicted molar refractivity (Wildman–Crippen MR) is 46.7 cm³/mol. The van der Waals surface area contributed by atoms with Crippen molar-refractivity contribution in [2.24, 2.45) is 0 Å². The molecule has 12 heavy (non-hydrogen) atoms. The van der Waals surface area contributed by atoms with E-state index in [9.17, 15) is 4.57 Å². The molecule has 0 radical (unpaired) electrons. The lowest BCUT2D eigenvalue weighted by atomic mass is 10.0. The van der Waals surface area contributed by atoms with Crippen LogP contribution in [0, 0.1) is 0 Å². The van der Waals surface area contributed by atoms with Crippen molar-refractivity contribution in [1.82, 2.24) is 4.67 Å². The maximum absolute atomic E-state index is 11.0. The van der Waals surface area contributed by atoms with Crippen LogP contribution in [0.1, 0.15) is 33.6 Å². The van der Waals surface area contributed by atoms with E-state index in [1.54, 1.807) is 0 Å². The van der Waals surface area contributed by atoms with E-state index in [0.29, 0.717) is 0 Å². The summed E-state index contributed by atoms with van der Waals surface area (Å²) < 4.78 is 12.3. The van der Waals surface area contributed by atoms with Gasteiger partial charge in [0.15, 0.2) is 0 Å². The van der Waals surface area contributed by atoms with E-state index in [-0.39, 0.29) is 11.6 Å². The van der Waals surface area contributed by atoms with E-state index in [0.717, 1.165) is 12.8 Å². The third-order valence-electron chi connectivity index (χ3n) is 2.85. The number of rotatable bonds is 3. The normalized spacial score (nSPS) is 41.4. The summed E-state index contributed by atoms with van der Waals surface area (Å²) in [6.07, 6.45) is 1.59. The van der Waals surface area contributed by atoms with E-state index in [2.05, 4.69) is 0 Å². The van der Waals surface area contributed by atoms with Crippen molar-refractivity contribution in [3.63, 3.8) is 0 Å². The Balaban J connectivity index is 2.79. The fourth-order valence-corrected chi connectivity index (χ4v) is 3.57. The summed E-state index contributed by atoms with van der Waals surface area (Å²) in [6, 6.07) is 0.0586. The molecule has 0 aromatic carbocycles. The molecule has 1 heterocycles. The molecule has 0 saturated carbocycles. The Hall–Kier alpha value is 0.110. The average Bonchev–Trinajstić information content (AvgIpc) is 2.56. The molecule has 2 unspecified atom stereocenters.